The van der Waals surface area contributed by atoms with Crippen molar-refractivity contribution < 1.29 is 0 Å². The molecule has 1 aliphatic heterocycles. The summed E-state index contributed by atoms with van der Waals surface area (Å²) in [6, 6.07) is 0.619. The van der Waals surface area contributed by atoms with E-state index < -0.39 is 0 Å². The second-order valence-electron chi connectivity index (χ2n) is 6.11. The first-order valence-electron chi connectivity index (χ1n) is 6.30. The predicted molar refractivity (Wildman–Crippen MR) is 67.2 cm³/mol. The lowest BCUT2D eigenvalue weighted by Gasteiger charge is -2.50. The minimum absolute atomic E-state index is 0.363. The van der Waals surface area contributed by atoms with Crippen LogP contribution in [0.1, 0.15) is 47.5 Å². The lowest BCUT2D eigenvalue weighted by molar-refractivity contribution is 0.0288. The van der Waals surface area contributed by atoms with E-state index in [0.717, 1.165) is 6.54 Å². The van der Waals surface area contributed by atoms with Gasteiger partial charge in [0.2, 0.25) is 0 Å². The van der Waals surface area contributed by atoms with Gasteiger partial charge in [0.1, 0.15) is 0 Å². The van der Waals surface area contributed by atoms with Crippen molar-refractivity contribution in [2.24, 2.45) is 5.41 Å². The summed E-state index contributed by atoms with van der Waals surface area (Å²) in [4.78, 5) is 2.57. The van der Waals surface area contributed by atoms with Crippen molar-refractivity contribution in [3.63, 3.8) is 0 Å². The number of hydrogen-bond donors (Lipinski definition) is 1. The smallest absolute Gasteiger partial charge is 0.0326 e. The van der Waals surface area contributed by atoms with E-state index in [9.17, 15) is 0 Å². The van der Waals surface area contributed by atoms with E-state index in [-0.39, 0.29) is 0 Å². The van der Waals surface area contributed by atoms with E-state index in [1.165, 1.54) is 19.4 Å². The molecule has 0 aliphatic carbocycles. The van der Waals surface area contributed by atoms with Gasteiger partial charge in [-0.2, -0.15) is 0 Å². The first kappa shape index (κ1) is 13.0. The molecule has 0 bridgehead atoms. The van der Waals surface area contributed by atoms with Crippen molar-refractivity contribution in [1.29, 1.82) is 0 Å². The van der Waals surface area contributed by atoms with Crippen LogP contribution in [0.5, 0.6) is 0 Å². The number of rotatable bonds is 2. The molecule has 0 saturated carbocycles. The highest BCUT2D eigenvalue weighted by Crippen LogP contribution is 2.30. The van der Waals surface area contributed by atoms with Crippen molar-refractivity contribution in [1.82, 2.24) is 10.2 Å². The molecule has 1 fully saturated rings. The van der Waals surface area contributed by atoms with Gasteiger partial charge in [0.15, 0.2) is 0 Å². The van der Waals surface area contributed by atoms with Crippen LogP contribution in [0.3, 0.4) is 0 Å². The first-order chi connectivity index (χ1) is 6.85. The summed E-state index contributed by atoms with van der Waals surface area (Å²) in [5.74, 6) is 0. The predicted octanol–water partition coefficient (Wildman–Crippen LogP) is 2.49. The molecule has 1 aliphatic rings. The van der Waals surface area contributed by atoms with Gasteiger partial charge in [-0.25, -0.2) is 0 Å². The van der Waals surface area contributed by atoms with Crippen molar-refractivity contribution in [3.05, 3.63) is 0 Å². The lowest BCUT2D eigenvalue weighted by atomic mass is 9.80. The second kappa shape index (κ2) is 4.42. The molecule has 90 valence electrons. The van der Waals surface area contributed by atoms with Crippen molar-refractivity contribution in [3.8, 4) is 0 Å². The van der Waals surface area contributed by atoms with Gasteiger partial charge in [-0.15, -0.1) is 0 Å². The largest absolute Gasteiger partial charge is 0.310 e. The van der Waals surface area contributed by atoms with E-state index in [4.69, 9.17) is 0 Å². The van der Waals surface area contributed by atoms with Crippen LogP contribution < -0.4 is 5.32 Å². The average Bonchev–Trinajstić information content (AvgIpc) is 2.17. The minimum Gasteiger partial charge on any atom is -0.310 e. The van der Waals surface area contributed by atoms with Crippen LogP contribution in [-0.2, 0) is 0 Å². The van der Waals surface area contributed by atoms with Gasteiger partial charge in [-0.1, -0.05) is 34.6 Å². The normalized spacial score (nSPS) is 28.0. The summed E-state index contributed by atoms with van der Waals surface area (Å²) in [6.45, 7) is 13.9. The number of likely N-dealkylation sites (N-methyl/N-ethyl adjacent to an activating group) is 1. The Balaban J connectivity index is 2.70. The van der Waals surface area contributed by atoms with E-state index in [1.807, 2.05) is 0 Å². The molecule has 0 aromatic heterocycles. The third-order valence-corrected chi connectivity index (χ3v) is 4.31. The Kier molecular flexibility index (Phi) is 3.83. The summed E-state index contributed by atoms with van der Waals surface area (Å²) in [7, 11) is 2.28. The summed E-state index contributed by atoms with van der Waals surface area (Å²) in [6.07, 6.45) is 2.48. The Bertz CT molecular complexity index is 201. The number of nitrogens with one attached hydrogen (secondary N) is 1. The van der Waals surface area contributed by atoms with Crippen molar-refractivity contribution >= 4 is 0 Å². The fourth-order valence-corrected chi connectivity index (χ4v) is 2.60. The highest BCUT2D eigenvalue weighted by molar-refractivity contribution is 4.98. The van der Waals surface area contributed by atoms with Gasteiger partial charge in [-0.3, -0.25) is 4.90 Å². The van der Waals surface area contributed by atoms with Gasteiger partial charge in [0, 0.05) is 24.7 Å². The third-order valence-electron chi connectivity index (χ3n) is 4.31. The van der Waals surface area contributed by atoms with Crippen molar-refractivity contribution in [2.45, 2.75) is 59.0 Å². The van der Waals surface area contributed by atoms with E-state index in [1.54, 1.807) is 0 Å². The summed E-state index contributed by atoms with van der Waals surface area (Å²) in [5, 5.41) is 3.74. The first-order valence-corrected chi connectivity index (χ1v) is 6.30. The monoisotopic (exact) mass is 212 g/mol. The molecule has 0 radical (unpaired) electrons. The molecule has 1 atom stereocenters. The van der Waals surface area contributed by atoms with Crippen molar-refractivity contribution in [2.75, 3.05) is 20.1 Å². The summed E-state index contributed by atoms with van der Waals surface area (Å²) in [5.41, 5.74) is 0.754. The zero-order valence-corrected chi connectivity index (χ0v) is 11.4. The molecule has 2 nitrogen and oxygen atoms in total. The Morgan fingerprint density at radius 3 is 2.13 bits per heavy atom. The molecule has 0 aromatic carbocycles. The fraction of sp³-hybridized carbons (Fsp3) is 1.00. The maximum Gasteiger partial charge on any atom is 0.0326 e. The van der Waals surface area contributed by atoms with Crippen LogP contribution in [0.4, 0.5) is 0 Å². The standard InChI is InChI=1S/C13H28N2/c1-7-13(8-2)10-14-11(9-15(13)6)12(3,4)5/h11,14H,7-10H2,1-6H3. The zero-order chi connectivity index (χ0) is 11.7. The maximum absolute atomic E-state index is 3.74. The van der Waals surface area contributed by atoms with Crippen LogP contribution in [0.15, 0.2) is 0 Å². The molecule has 2 heteroatoms. The highest BCUT2D eigenvalue weighted by atomic mass is 15.3. The fourth-order valence-electron chi connectivity index (χ4n) is 2.60. The van der Waals surface area contributed by atoms with E-state index >= 15 is 0 Å². The van der Waals surface area contributed by atoms with Crippen LogP contribution in [0, 0.1) is 5.41 Å². The maximum atomic E-state index is 3.74. The Morgan fingerprint density at radius 1 is 1.27 bits per heavy atom. The Hall–Kier alpha value is -0.0800. The van der Waals surface area contributed by atoms with Crippen LogP contribution >= 0.6 is 0 Å². The molecule has 1 N–H and O–H groups in total. The topological polar surface area (TPSA) is 15.3 Å². The number of piperazine rings is 1. The highest BCUT2D eigenvalue weighted by Gasteiger charge is 2.39. The Labute approximate surface area is 95.4 Å². The quantitative estimate of drug-likeness (QED) is 0.756. The minimum atomic E-state index is 0.363. The number of nitrogens with zero attached hydrogens (tertiary/aromatic N) is 1. The van der Waals surface area contributed by atoms with Crippen LogP contribution in [0.2, 0.25) is 0 Å². The average molecular weight is 212 g/mol. The lowest BCUT2D eigenvalue weighted by Crippen LogP contribution is -2.65. The van der Waals surface area contributed by atoms with Gasteiger partial charge in [0.05, 0.1) is 0 Å². The third kappa shape index (κ3) is 2.54. The van der Waals surface area contributed by atoms with E-state index in [0.29, 0.717) is 17.0 Å². The number of hydrogen-bond acceptors (Lipinski definition) is 2. The molecular weight excluding hydrogens is 184 g/mol. The molecular formula is C13H28N2. The molecule has 1 saturated heterocycles. The molecule has 0 amide bonds. The molecule has 1 rings (SSSR count). The summed E-state index contributed by atoms with van der Waals surface area (Å²) >= 11 is 0. The van der Waals surface area contributed by atoms with Gasteiger partial charge in [-0.05, 0) is 25.3 Å². The van der Waals surface area contributed by atoms with Gasteiger partial charge >= 0.3 is 0 Å². The SMILES string of the molecule is CCC1(CC)CNC(C(C)(C)C)CN1C. The second-order valence-corrected chi connectivity index (χ2v) is 6.11. The molecule has 0 spiro atoms. The van der Waals surface area contributed by atoms with E-state index in [2.05, 4.69) is 51.9 Å². The van der Waals surface area contributed by atoms with Gasteiger partial charge < -0.3 is 5.32 Å². The molecule has 1 unspecified atom stereocenters. The zero-order valence-electron chi connectivity index (χ0n) is 11.4. The molecule has 15 heavy (non-hydrogen) atoms. The van der Waals surface area contributed by atoms with Crippen LogP contribution in [-0.4, -0.2) is 36.6 Å². The molecule has 0 aromatic rings. The van der Waals surface area contributed by atoms with Gasteiger partial charge in [0.25, 0.3) is 0 Å². The van der Waals surface area contributed by atoms with Crippen LogP contribution in [0.25, 0.3) is 0 Å². The molecule has 1 heterocycles. The summed E-state index contributed by atoms with van der Waals surface area (Å²) < 4.78 is 0. The Morgan fingerprint density at radius 2 is 1.80 bits per heavy atom.